The molecular formula is C42H54N6O8. The van der Waals surface area contributed by atoms with Crippen LogP contribution in [0.1, 0.15) is 78.0 Å². The number of nitrogens with zero attached hydrogens (tertiary/aromatic N) is 2. The highest BCUT2D eigenvalue weighted by molar-refractivity contribution is 6.38. The Kier molecular flexibility index (Phi) is 13.7. The van der Waals surface area contributed by atoms with Crippen molar-refractivity contribution in [2.24, 2.45) is 22.7 Å². The highest BCUT2D eigenvalue weighted by Gasteiger charge is 2.70. The van der Waals surface area contributed by atoms with Gasteiger partial charge in [-0.3, -0.25) is 28.8 Å². The van der Waals surface area contributed by atoms with Crippen LogP contribution in [0.5, 0.6) is 5.75 Å². The number of likely N-dealkylation sites (N-methyl/N-ethyl adjacent to an activating group) is 1. The summed E-state index contributed by atoms with van der Waals surface area (Å²) >= 11 is 0. The zero-order valence-corrected chi connectivity index (χ0v) is 33.4. The lowest BCUT2D eigenvalue weighted by Gasteiger charge is -2.37. The lowest BCUT2D eigenvalue weighted by molar-refractivity contribution is -0.145. The summed E-state index contributed by atoms with van der Waals surface area (Å²) in [7, 11) is 3.11. The second-order valence-electron chi connectivity index (χ2n) is 16.3. The number of nitrogens with one attached hydrogen (secondary N) is 4. The molecule has 2 aliphatic rings. The number of carbonyl (C=O) groups is 7. The summed E-state index contributed by atoms with van der Waals surface area (Å²) in [6.07, 6.45) is 5.87. The Morgan fingerprint density at radius 3 is 2.18 bits per heavy atom. The van der Waals surface area contributed by atoms with E-state index in [4.69, 9.17) is 11.2 Å². The second kappa shape index (κ2) is 17.8. The van der Waals surface area contributed by atoms with Gasteiger partial charge in [-0.15, -0.1) is 6.42 Å². The molecule has 14 nitrogen and oxygen atoms in total. The van der Waals surface area contributed by atoms with Crippen LogP contribution in [0, 0.1) is 35.0 Å². The molecule has 2 aromatic carbocycles. The molecule has 2 aromatic rings. The van der Waals surface area contributed by atoms with Gasteiger partial charge in [-0.2, -0.15) is 0 Å². The Morgan fingerprint density at radius 2 is 1.61 bits per heavy atom. The number of unbranched alkanes of at least 4 members (excludes halogenated alkanes) is 1. The van der Waals surface area contributed by atoms with Crippen LogP contribution >= 0.6 is 0 Å². The van der Waals surface area contributed by atoms with Crippen LogP contribution in [-0.4, -0.2) is 96.5 Å². The van der Waals surface area contributed by atoms with E-state index in [1.165, 1.54) is 9.80 Å². The highest BCUT2D eigenvalue weighted by atomic mass is 16.6. The molecule has 0 spiro atoms. The number of likely N-dealkylation sites (tertiary alicyclic amines) is 1. The van der Waals surface area contributed by atoms with E-state index >= 15 is 0 Å². The van der Waals surface area contributed by atoms with Crippen molar-refractivity contribution >= 4 is 41.4 Å². The highest BCUT2D eigenvalue weighted by Crippen LogP contribution is 2.65. The maximum atomic E-state index is 14.3. The number of benzene rings is 2. The molecule has 2 fully saturated rings. The van der Waals surface area contributed by atoms with Gasteiger partial charge in [0.15, 0.2) is 0 Å². The molecular weight excluding hydrogens is 716 g/mol. The molecule has 4 N–H and O–H groups in total. The summed E-state index contributed by atoms with van der Waals surface area (Å²) < 4.78 is 5.44. The number of hydrogen-bond acceptors (Lipinski definition) is 8. The Hall–Kier alpha value is -5.71. The fourth-order valence-electron chi connectivity index (χ4n) is 7.24. The van der Waals surface area contributed by atoms with Gasteiger partial charge in [0.1, 0.15) is 23.9 Å². The van der Waals surface area contributed by atoms with Crippen molar-refractivity contribution in [3.8, 4) is 18.1 Å². The molecule has 300 valence electrons. The summed E-state index contributed by atoms with van der Waals surface area (Å²) in [4.78, 5) is 96.9. The third-order valence-electron chi connectivity index (χ3n) is 10.6. The molecule has 1 aliphatic heterocycles. The Balaban J connectivity index is 1.46. The number of Topliss-reactive ketones (excluding diaryl/α,β-unsaturated/α-hetero) is 1. The zero-order valence-electron chi connectivity index (χ0n) is 33.4. The molecule has 6 amide bonds. The van der Waals surface area contributed by atoms with E-state index in [-0.39, 0.29) is 41.9 Å². The molecule has 0 aromatic heterocycles. The summed E-state index contributed by atoms with van der Waals surface area (Å²) in [6.45, 7) is 11.0. The quantitative estimate of drug-likeness (QED) is 0.158. The predicted octanol–water partition coefficient (Wildman–Crippen LogP) is 2.96. The number of hydrogen-bond donors (Lipinski definition) is 4. The fourth-order valence-corrected chi connectivity index (χ4v) is 7.24. The van der Waals surface area contributed by atoms with Crippen LogP contribution in [-0.2, 0) is 28.8 Å². The molecule has 4 rings (SSSR count). The first kappa shape index (κ1) is 43.0. The molecule has 6 unspecified atom stereocenters. The van der Waals surface area contributed by atoms with Crippen molar-refractivity contribution in [3.63, 3.8) is 0 Å². The first-order chi connectivity index (χ1) is 26.3. The van der Waals surface area contributed by atoms with E-state index in [0.29, 0.717) is 24.0 Å². The van der Waals surface area contributed by atoms with E-state index in [1.807, 2.05) is 20.8 Å². The number of rotatable bonds is 15. The molecule has 1 aliphatic carbocycles. The van der Waals surface area contributed by atoms with Gasteiger partial charge in [0.25, 0.3) is 5.91 Å². The van der Waals surface area contributed by atoms with Gasteiger partial charge in [0, 0.05) is 26.2 Å². The van der Waals surface area contributed by atoms with Gasteiger partial charge in [-0.05, 0) is 58.9 Å². The Morgan fingerprint density at radius 1 is 0.964 bits per heavy atom. The molecule has 1 saturated heterocycles. The number of ketones is 1. The van der Waals surface area contributed by atoms with Crippen LogP contribution in [0.2, 0.25) is 0 Å². The Labute approximate surface area is 328 Å². The van der Waals surface area contributed by atoms with Crippen molar-refractivity contribution < 1.29 is 38.3 Å². The smallest absolute Gasteiger partial charge is 0.410 e. The summed E-state index contributed by atoms with van der Waals surface area (Å²) in [6, 6.07) is 10.6. The molecule has 1 heterocycles. The van der Waals surface area contributed by atoms with Crippen LogP contribution in [0.3, 0.4) is 0 Å². The number of amides is 6. The third-order valence-corrected chi connectivity index (χ3v) is 10.6. The standard InChI is InChI=1S/C42H54N6O8/c1-10-12-18-29(34(50)37(52)43-23-30(49)45-32(38(53)47(8)9)26-16-14-13-15-17-26)44-36(51)33-31-28(42(31,6)7)24-48(33)39(54)35(41(3,4)5)46-40(55)56-27-21-19-25(11-2)20-22-27/h2,13-17,19-22,28-29,31-33,35H,10,12,18,23-24H2,1,3-9H3,(H,43,52)(H,44,51)(H,45,49)(H,46,55). The maximum Gasteiger partial charge on any atom is 0.413 e. The van der Waals surface area contributed by atoms with Gasteiger partial charge in [-0.1, -0.05) is 90.6 Å². The van der Waals surface area contributed by atoms with Crippen molar-refractivity contribution in [1.82, 2.24) is 31.1 Å². The topological polar surface area (TPSA) is 183 Å². The molecule has 0 radical (unpaired) electrons. The van der Waals surface area contributed by atoms with Crippen molar-refractivity contribution in [2.75, 3.05) is 27.2 Å². The number of fused-ring (bicyclic) bond motifs is 1. The number of terminal acetylenes is 1. The number of piperidine rings is 1. The van der Waals surface area contributed by atoms with Crippen LogP contribution in [0.4, 0.5) is 4.79 Å². The molecule has 6 atom stereocenters. The average molecular weight is 771 g/mol. The van der Waals surface area contributed by atoms with Gasteiger partial charge in [0.05, 0.1) is 12.6 Å². The lowest BCUT2D eigenvalue weighted by Crippen LogP contribution is -2.60. The number of ether oxygens (including phenoxy) is 1. The summed E-state index contributed by atoms with van der Waals surface area (Å²) in [5.74, 6) is -1.69. The minimum absolute atomic E-state index is 0.00451. The van der Waals surface area contributed by atoms with E-state index in [9.17, 15) is 33.6 Å². The van der Waals surface area contributed by atoms with Crippen LogP contribution in [0.25, 0.3) is 0 Å². The van der Waals surface area contributed by atoms with Crippen molar-refractivity contribution in [1.29, 1.82) is 0 Å². The maximum absolute atomic E-state index is 14.3. The molecule has 14 heteroatoms. The average Bonchev–Trinajstić information content (AvgIpc) is 3.45. The first-order valence-electron chi connectivity index (χ1n) is 18.8. The zero-order chi connectivity index (χ0) is 41.5. The fraction of sp³-hybridized carbons (Fsp3) is 0.500. The van der Waals surface area contributed by atoms with Crippen LogP contribution < -0.4 is 26.0 Å². The third kappa shape index (κ3) is 10.1. The minimum atomic E-state index is -1.23. The van der Waals surface area contributed by atoms with E-state index < -0.39 is 71.6 Å². The minimum Gasteiger partial charge on any atom is -0.410 e. The second-order valence-corrected chi connectivity index (χ2v) is 16.3. The van der Waals surface area contributed by atoms with Gasteiger partial charge in [0.2, 0.25) is 29.4 Å². The van der Waals surface area contributed by atoms with E-state index in [1.54, 1.807) is 89.5 Å². The lowest BCUT2D eigenvalue weighted by atomic mass is 9.85. The van der Waals surface area contributed by atoms with Gasteiger partial charge in [-0.25, -0.2) is 4.79 Å². The van der Waals surface area contributed by atoms with Crippen molar-refractivity contribution in [3.05, 3.63) is 65.7 Å². The largest absolute Gasteiger partial charge is 0.413 e. The Bertz CT molecular complexity index is 1850. The SMILES string of the molecule is C#Cc1ccc(OC(=O)NC(C(=O)N2CC3C(C2C(=O)NC(CCCC)C(=O)C(=O)NCC(=O)NC(C(=O)N(C)C)c2ccccc2)C3(C)C)C(C)(C)C)cc1. The van der Waals surface area contributed by atoms with Gasteiger partial charge >= 0.3 is 6.09 Å². The van der Waals surface area contributed by atoms with E-state index in [2.05, 4.69) is 27.2 Å². The predicted molar refractivity (Wildman–Crippen MR) is 209 cm³/mol. The molecule has 1 saturated carbocycles. The van der Waals surface area contributed by atoms with Gasteiger partial charge < -0.3 is 35.8 Å². The first-order valence-corrected chi connectivity index (χ1v) is 18.8. The van der Waals surface area contributed by atoms with Crippen molar-refractivity contribution in [2.45, 2.75) is 85.0 Å². The van der Waals surface area contributed by atoms with Crippen LogP contribution in [0.15, 0.2) is 54.6 Å². The normalized spacial score (nSPS) is 19.5. The molecule has 56 heavy (non-hydrogen) atoms. The molecule has 0 bridgehead atoms. The van der Waals surface area contributed by atoms with E-state index in [0.717, 1.165) is 0 Å². The summed E-state index contributed by atoms with van der Waals surface area (Å²) in [5, 5.41) is 10.4. The monoisotopic (exact) mass is 770 g/mol. The number of carbonyl (C=O) groups excluding carboxylic acids is 7. The summed E-state index contributed by atoms with van der Waals surface area (Å²) in [5.41, 5.74) is 0.0828.